The summed E-state index contributed by atoms with van der Waals surface area (Å²) in [6.07, 6.45) is 1.74. The van der Waals surface area contributed by atoms with Crippen LogP contribution in [0.4, 0.5) is 0 Å². The Morgan fingerprint density at radius 3 is 2.64 bits per heavy atom. The van der Waals surface area contributed by atoms with Gasteiger partial charge in [0, 0.05) is 26.1 Å². The Labute approximate surface area is 86.9 Å². The van der Waals surface area contributed by atoms with Gasteiger partial charge in [-0.2, -0.15) is 0 Å². The van der Waals surface area contributed by atoms with Gasteiger partial charge in [-0.3, -0.25) is 4.79 Å². The molecule has 1 fully saturated rings. The summed E-state index contributed by atoms with van der Waals surface area (Å²) in [5, 5.41) is 3.30. The molecule has 0 radical (unpaired) electrons. The maximum Gasteiger partial charge on any atom is 0.223 e. The van der Waals surface area contributed by atoms with Gasteiger partial charge < -0.3 is 10.2 Å². The third-order valence-electron chi connectivity index (χ3n) is 2.37. The first kappa shape index (κ1) is 11.5. The van der Waals surface area contributed by atoms with Crippen molar-refractivity contribution in [2.75, 3.05) is 26.2 Å². The summed E-state index contributed by atoms with van der Waals surface area (Å²) in [6, 6.07) is 0. The number of nitrogens with zero attached hydrogens (tertiary/aromatic N) is 1. The van der Waals surface area contributed by atoms with Crippen molar-refractivity contribution >= 4 is 5.91 Å². The molecule has 0 atom stereocenters. The van der Waals surface area contributed by atoms with Crippen LogP contribution in [-0.2, 0) is 4.79 Å². The van der Waals surface area contributed by atoms with Crippen LogP contribution in [0.3, 0.4) is 0 Å². The van der Waals surface area contributed by atoms with Crippen LogP contribution in [0, 0.1) is 5.41 Å². The number of carbonyl (C=O) groups excluding carboxylic acids is 1. The molecule has 82 valence electrons. The molecule has 0 spiro atoms. The predicted molar refractivity (Wildman–Crippen MR) is 58.1 cm³/mol. The highest BCUT2D eigenvalue weighted by Crippen LogP contribution is 2.19. The minimum atomic E-state index is 0.108. The summed E-state index contributed by atoms with van der Waals surface area (Å²) in [5.74, 6) is 0.307. The van der Waals surface area contributed by atoms with E-state index in [1.165, 1.54) is 0 Å². The standard InChI is InChI=1S/C11H22N2O/c1-11(2,3)9-10(14)13-7-4-5-12-6-8-13/h12H,4-9H2,1-3H3. The molecule has 0 aromatic rings. The number of hydrogen-bond acceptors (Lipinski definition) is 2. The fraction of sp³-hybridized carbons (Fsp3) is 0.909. The van der Waals surface area contributed by atoms with E-state index in [0.717, 1.165) is 32.6 Å². The first-order valence-corrected chi connectivity index (χ1v) is 5.47. The summed E-state index contributed by atoms with van der Waals surface area (Å²) >= 11 is 0. The van der Waals surface area contributed by atoms with Crippen LogP contribution in [0.2, 0.25) is 0 Å². The second kappa shape index (κ2) is 4.78. The minimum Gasteiger partial charge on any atom is -0.341 e. The summed E-state index contributed by atoms with van der Waals surface area (Å²) < 4.78 is 0. The predicted octanol–water partition coefficient (Wildman–Crippen LogP) is 1.24. The molecule has 1 saturated heterocycles. The highest BCUT2D eigenvalue weighted by atomic mass is 16.2. The average Bonchev–Trinajstić information content (AvgIpc) is 2.27. The third kappa shape index (κ3) is 4.09. The van der Waals surface area contributed by atoms with Crippen LogP contribution in [0.15, 0.2) is 0 Å². The van der Waals surface area contributed by atoms with Gasteiger partial charge in [-0.05, 0) is 18.4 Å². The molecule has 0 bridgehead atoms. The Bertz CT molecular complexity index is 188. The van der Waals surface area contributed by atoms with E-state index in [9.17, 15) is 4.79 Å². The van der Waals surface area contributed by atoms with Crippen LogP contribution in [0.25, 0.3) is 0 Å². The van der Waals surface area contributed by atoms with Gasteiger partial charge in [-0.25, -0.2) is 0 Å². The molecular formula is C11H22N2O. The molecule has 1 aliphatic heterocycles. The molecule has 1 N–H and O–H groups in total. The van der Waals surface area contributed by atoms with Crippen molar-refractivity contribution in [1.29, 1.82) is 0 Å². The first-order valence-electron chi connectivity index (χ1n) is 5.47. The normalized spacial score (nSPS) is 19.2. The maximum absolute atomic E-state index is 11.9. The molecule has 0 aromatic carbocycles. The summed E-state index contributed by atoms with van der Waals surface area (Å²) in [4.78, 5) is 13.9. The Morgan fingerprint density at radius 2 is 2.00 bits per heavy atom. The molecule has 0 aliphatic carbocycles. The van der Waals surface area contributed by atoms with Crippen molar-refractivity contribution in [3.05, 3.63) is 0 Å². The minimum absolute atomic E-state index is 0.108. The van der Waals surface area contributed by atoms with Crippen molar-refractivity contribution in [3.63, 3.8) is 0 Å². The molecule has 3 heteroatoms. The van der Waals surface area contributed by atoms with Crippen molar-refractivity contribution in [3.8, 4) is 0 Å². The van der Waals surface area contributed by atoms with Gasteiger partial charge in [0.1, 0.15) is 0 Å². The van der Waals surface area contributed by atoms with Crippen molar-refractivity contribution in [2.45, 2.75) is 33.6 Å². The van der Waals surface area contributed by atoms with Crippen LogP contribution in [-0.4, -0.2) is 37.0 Å². The molecule has 0 aromatic heterocycles. The molecule has 3 nitrogen and oxygen atoms in total. The molecule has 1 rings (SSSR count). The maximum atomic E-state index is 11.9. The second-order valence-corrected chi connectivity index (χ2v) is 5.22. The quantitative estimate of drug-likeness (QED) is 0.687. The van der Waals surface area contributed by atoms with Gasteiger partial charge >= 0.3 is 0 Å². The highest BCUT2D eigenvalue weighted by molar-refractivity contribution is 5.76. The zero-order valence-electron chi connectivity index (χ0n) is 9.60. The second-order valence-electron chi connectivity index (χ2n) is 5.22. The number of hydrogen-bond donors (Lipinski definition) is 1. The molecular weight excluding hydrogens is 176 g/mol. The molecule has 0 saturated carbocycles. The van der Waals surface area contributed by atoms with E-state index in [4.69, 9.17) is 0 Å². The molecule has 1 heterocycles. The Kier molecular flexibility index (Phi) is 3.93. The smallest absolute Gasteiger partial charge is 0.223 e. The number of rotatable bonds is 1. The van der Waals surface area contributed by atoms with E-state index in [1.807, 2.05) is 4.90 Å². The first-order chi connectivity index (χ1) is 6.49. The Hall–Kier alpha value is -0.570. The van der Waals surface area contributed by atoms with E-state index in [1.54, 1.807) is 0 Å². The van der Waals surface area contributed by atoms with E-state index in [2.05, 4.69) is 26.1 Å². The summed E-state index contributed by atoms with van der Waals surface area (Å²) in [7, 11) is 0. The van der Waals surface area contributed by atoms with Gasteiger partial charge in [-0.15, -0.1) is 0 Å². The Balaban J connectivity index is 2.42. The lowest BCUT2D eigenvalue weighted by Gasteiger charge is -2.25. The van der Waals surface area contributed by atoms with Gasteiger partial charge in [0.15, 0.2) is 0 Å². The van der Waals surface area contributed by atoms with Crippen molar-refractivity contribution < 1.29 is 4.79 Å². The number of nitrogens with one attached hydrogen (secondary N) is 1. The highest BCUT2D eigenvalue weighted by Gasteiger charge is 2.21. The zero-order valence-corrected chi connectivity index (χ0v) is 9.60. The van der Waals surface area contributed by atoms with Gasteiger partial charge in [0.2, 0.25) is 5.91 Å². The van der Waals surface area contributed by atoms with Gasteiger partial charge in [0.05, 0.1) is 0 Å². The summed E-state index contributed by atoms with van der Waals surface area (Å²) in [5.41, 5.74) is 0.108. The van der Waals surface area contributed by atoms with Crippen LogP contribution in [0.5, 0.6) is 0 Å². The average molecular weight is 198 g/mol. The van der Waals surface area contributed by atoms with E-state index >= 15 is 0 Å². The monoisotopic (exact) mass is 198 g/mol. The zero-order chi connectivity index (χ0) is 10.6. The largest absolute Gasteiger partial charge is 0.341 e. The SMILES string of the molecule is CC(C)(C)CC(=O)N1CCCNCC1. The topological polar surface area (TPSA) is 32.3 Å². The molecule has 1 aliphatic rings. The molecule has 1 amide bonds. The number of carbonyl (C=O) groups is 1. The number of amides is 1. The van der Waals surface area contributed by atoms with Gasteiger partial charge in [0.25, 0.3) is 0 Å². The molecule has 14 heavy (non-hydrogen) atoms. The lowest BCUT2D eigenvalue weighted by atomic mass is 9.91. The van der Waals surface area contributed by atoms with Crippen LogP contribution in [0.1, 0.15) is 33.6 Å². The lowest BCUT2D eigenvalue weighted by molar-refractivity contribution is -0.132. The lowest BCUT2D eigenvalue weighted by Crippen LogP contribution is -2.36. The fourth-order valence-corrected chi connectivity index (χ4v) is 1.66. The van der Waals surface area contributed by atoms with E-state index in [-0.39, 0.29) is 5.41 Å². The van der Waals surface area contributed by atoms with E-state index < -0.39 is 0 Å². The molecule has 0 unspecified atom stereocenters. The van der Waals surface area contributed by atoms with Crippen LogP contribution >= 0.6 is 0 Å². The van der Waals surface area contributed by atoms with Crippen molar-refractivity contribution in [1.82, 2.24) is 10.2 Å². The third-order valence-corrected chi connectivity index (χ3v) is 2.37. The van der Waals surface area contributed by atoms with E-state index in [0.29, 0.717) is 12.3 Å². The fourth-order valence-electron chi connectivity index (χ4n) is 1.66. The van der Waals surface area contributed by atoms with Crippen molar-refractivity contribution in [2.24, 2.45) is 5.41 Å². The van der Waals surface area contributed by atoms with Crippen LogP contribution < -0.4 is 5.32 Å². The van der Waals surface area contributed by atoms with Gasteiger partial charge in [-0.1, -0.05) is 20.8 Å². The Morgan fingerprint density at radius 1 is 1.29 bits per heavy atom. The summed E-state index contributed by atoms with van der Waals surface area (Å²) in [6.45, 7) is 10.1.